The molecule has 0 rings (SSSR count). The van der Waals surface area contributed by atoms with Crippen molar-refractivity contribution in [1.82, 2.24) is 0 Å². The zero-order valence-corrected chi connectivity index (χ0v) is 53.3. The van der Waals surface area contributed by atoms with Gasteiger partial charge in [-0.3, -0.25) is 14.4 Å². The number of ether oxygens (including phenoxy) is 3. The van der Waals surface area contributed by atoms with Crippen molar-refractivity contribution in [3.8, 4) is 0 Å². The summed E-state index contributed by atoms with van der Waals surface area (Å²) in [5.41, 5.74) is 0. The Labute approximate surface area is 497 Å². The zero-order chi connectivity index (χ0) is 57.8. The topological polar surface area (TPSA) is 78.9 Å². The first-order valence-corrected chi connectivity index (χ1v) is 34.9. The second-order valence-corrected chi connectivity index (χ2v) is 23.4. The van der Waals surface area contributed by atoms with Crippen LogP contribution in [0.4, 0.5) is 0 Å². The van der Waals surface area contributed by atoms with Crippen LogP contribution in [-0.2, 0) is 28.6 Å². The molecule has 0 bridgehead atoms. The lowest BCUT2D eigenvalue weighted by molar-refractivity contribution is -0.167. The number of rotatable bonds is 64. The highest BCUT2D eigenvalue weighted by molar-refractivity contribution is 5.71. The van der Waals surface area contributed by atoms with Crippen LogP contribution in [0.5, 0.6) is 0 Å². The van der Waals surface area contributed by atoms with Gasteiger partial charge in [0.1, 0.15) is 13.2 Å². The lowest BCUT2D eigenvalue weighted by atomic mass is 10.0. The summed E-state index contributed by atoms with van der Waals surface area (Å²) in [7, 11) is 0. The number of carbonyl (C=O) groups excluding carboxylic acids is 3. The molecule has 0 spiro atoms. The van der Waals surface area contributed by atoms with Gasteiger partial charge in [0.25, 0.3) is 0 Å². The summed E-state index contributed by atoms with van der Waals surface area (Å²) in [6.45, 7) is 6.64. The van der Waals surface area contributed by atoms with E-state index in [1.165, 1.54) is 218 Å². The molecule has 80 heavy (non-hydrogen) atoms. The van der Waals surface area contributed by atoms with E-state index in [-0.39, 0.29) is 31.1 Å². The van der Waals surface area contributed by atoms with Crippen molar-refractivity contribution < 1.29 is 28.6 Å². The maximum absolute atomic E-state index is 12.9. The van der Waals surface area contributed by atoms with Crippen molar-refractivity contribution in [3.05, 3.63) is 72.9 Å². The fourth-order valence-electron chi connectivity index (χ4n) is 10.1. The number of unbranched alkanes of at least 4 members (excludes halogenated alkanes) is 41. The fourth-order valence-corrected chi connectivity index (χ4v) is 10.1. The first-order valence-electron chi connectivity index (χ1n) is 34.9. The third-order valence-corrected chi connectivity index (χ3v) is 15.4. The van der Waals surface area contributed by atoms with Crippen LogP contribution in [0.3, 0.4) is 0 Å². The van der Waals surface area contributed by atoms with Gasteiger partial charge in [-0.2, -0.15) is 0 Å². The molecule has 0 amide bonds. The molecule has 6 nitrogen and oxygen atoms in total. The maximum Gasteiger partial charge on any atom is 0.306 e. The van der Waals surface area contributed by atoms with Gasteiger partial charge in [0, 0.05) is 19.3 Å². The van der Waals surface area contributed by atoms with E-state index < -0.39 is 6.10 Å². The van der Waals surface area contributed by atoms with Crippen molar-refractivity contribution in [3.63, 3.8) is 0 Å². The van der Waals surface area contributed by atoms with Crippen molar-refractivity contribution >= 4 is 17.9 Å². The Bertz CT molecular complexity index is 1470. The van der Waals surface area contributed by atoms with E-state index >= 15 is 0 Å². The summed E-state index contributed by atoms with van der Waals surface area (Å²) in [6, 6.07) is 0. The Morgan fingerprint density at radius 1 is 0.250 bits per heavy atom. The van der Waals surface area contributed by atoms with Gasteiger partial charge in [-0.25, -0.2) is 0 Å². The van der Waals surface area contributed by atoms with E-state index in [1.807, 2.05) is 0 Å². The molecule has 6 heteroatoms. The second kappa shape index (κ2) is 68.3. The molecule has 0 N–H and O–H groups in total. The van der Waals surface area contributed by atoms with E-state index in [0.29, 0.717) is 19.3 Å². The quantitative estimate of drug-likeness (QED) is 0.0261. The molecule has 0 saturated heterocycles. The van der Waals surface area contributed by atoms with Crippen LogP contribution in [0, 0.1) is 0 Å². The first-order chi connectivity index (χ1) is 39.5. The Balaban J connectivity index is 4.35. The molecule has 0 saturated carbocycles. The molecule has 1 atom stereocenters. The molecule has 0 aliphatic rings. The third-order valence-electron chi connectivity index (χ3n) is 15.4. The van der Waals surface area contributed by atoms with Crippen molar-refractivity contribution in [1.29, 1.82) is 0 Å². The standard InChI is InChI=1S/C74H132O6/c1-4-7-10-13-16-19-22-25-28-31-33-35-36-37-38-40-41-43-46-49-52-55-58-61-64-67-73(76)79-70-71(69-78-72(75)66-63-60-57-54-51-48-45-30-27-24-21-18-15-12-9-6-3)80-74(77)68-65-62-59-56-53-50-47-44-42-39-34-32-29-26-23-20-17-14-11-8-5-2/h21,23-24,26,30-34,42,44-45,71H,4-20,22,25,27-29,35-41,43,46-70H2,1-3H3/b24-21-,26-23-,33-31-,34-32-,44-42-,45-30-. The van der Waals surface area contributed by atoms with Gasteiger partial charge in [0.15, 0.2) is 6.10 Å². The second-order valence-electron chi connectivity index (χ2n) is 23.4. The van der Waals surface area contributed by atoms with Crippen molar-refractivity contribution in [2.45, 2.75) is 367 Å². The van der Waals surface area contributed by atoms with Gasteiger partial charge < -0.3 is 14.2 Å². The fraction of sp³-hybridized carbons (Fsp3) is 0.797. The summed E-state index contributed by atoms with van der Waals surface area (Å²) in [6.07, 6.45) is 89.2. The Kier molecular flexibility index (Phi) is 65.7. The molecule has 0 fully saturated rings. The van der Waals surface area contributed by atoms with Gasteiger partial charge in [-0.1, -0.05) is 299 Å². The van der Waals surface area contributed by atoms with E-state index in [1.54, 1.807) is 0 Å². The lowest BCUT2D eigenvalue weighted by Crippen LogP contribution is -2.30. The Hall–Kier alpha value is -3.15. The summed E-state index contributed by atoms with van der Waals surface area (Å²) in [4.78, 5) is 38.4. The van der Waals surface area contributed by atoms with Crippen molar-refractivity contribution in [2.24, 2.45) is 0 Å². The minimum atomic E-state index is -0.790. The predicted octanol–water partition coefficient (Wildman–Crippen LogP) is 24.1. The SMILES string of the molecule is CCCCCC/C=C\C/C=C\CCCCCCCC(=O)OCC(COC(=O)CCCCCCCCCCCCCCC/C=C\CCCCCCCCCC)OC(=O)CCCCCCCC/C=C\C/C=C\C/C=C\CCCCCCC. The summed E-state index contributed by atoms with van der Waals surface area (Å²) >= 11 is 0. The van der Waals surface area contributed by atoms with E-state index in [4.69, 9.17) is 14.2 Å². The predicted molar refractivity (Wildman–Crippen MR) is 348 cm³/mol. The molecule has 464 valence electrons. The molecule has 0 heterocycles. The van der Waals surface area contributed by atoms with E-state index in [2.05, 4.69) is 93.7 Å². The Morgan fingerprint density at radius 3 is 0.725 bits per heavy atom. The van der Waals surface area contributed by atoms with Gasteiger partial charge in [-0.15, -0.1) is 0 Å². The lowest BCUT2D eigenvalue weighted by Gasteiger charge is -2.18. The first kappa shape index (κ1) is 76.9. The number of allylic oxidation sites excluding steroid dienone is 12. The van der Waals surface area contributed by atoms with Crippen LogP contribution in [-0.4, -0.2) is 37.2 Å². The smallest absolute Gasteiger partial charge is 0.306 e. The molecule has 0 radical (unpaired) electrons. The monoisotopic (exact) mass is 1120 g/mol. The van der Waals surface area contributed by atoms with Crippen LogP contribution in [0.1, 0.15) is 361 Å². The minimum absolute atomic E-state index is 0.0835. The number of hydrogen-bond donors (Lipinski definition) is 0. The van der Waals surface area contributed by atoms with Crippen LogP contribution in [0.15, 0.2) is 72.9 Å². The highest BCUT2D eigenvalue weighted by Crippen LogP contribution is 2.17. The summed E-state index contributed by atoms with van der Waals surface area (Å²) in [5.74, 6) is -0.892. The molecule has 0 aliphatic carbocycles. The highest BCUT2D eigenvalue weighted by atomic mass is 16.6. The normalized spacial score (nSPS) is 12.5. The zero-order valence-electron chi connectivity index (χ0n) is 53.3. The minimum Gasteiger partial charge on any atom is -0.462 e. The third kappa shape index (κ3) is 65.7. The highest BCUT2D eigenvalue weighted by Gasteiger charge is 2.19. The van der Waals surface area contributed by atoms with Crippen LogP contribution in [0.2, 0.25) is 0 Å². The van der Waals surface area contributed by atoms with Gasteiger partial charge in [-0.05, 0) is 116 Å². The average Bonchev–Trinajstić information content (AvgIpc) is 3.46. The summed E-state index contributed by atoms with van der Waals surface area (Å²) in [5, 5.41) is 0. The van der Waals surface area contributed by atoms with Gasteiger partial charge >= 0.3 is 17.9 Å². The molecule has 0 aromatic carbocycles. The number of esters is 3. The maximum atomic E-state index is 12.9. The number of carbonyl (C=O) groups is 3. The molecular formula is C74H132O6. The molecule has 1 unspecified atom stereocenters. The molecule has 0 aromatic rings. The van der Waals surface area contributed by atoms with Crippen molar-refractivity contribution in [2.75, 3.05) is 13.2 Å². The van der Waals surface area contributed by atoms with Gasteiger partial charge in [0.05, 0.1) is 0 Å². The van der Waals surface area contributed by atoms with Crippen LogP contribution >= 0.6 is 0 Å². The molecule has 0 aliphatic heterocycles. The summed E-state index contributed by atoms with van der Waals surface area (Å²) < 4.78 is 17.0. The molecular weight excluding hydrogens is 985 g/mol. The van der Waals surface area contributed by atoms with E-state index in [9.17, 15) is 14.4 Å². The van der Waals surface area contributed by atoms with Crippen LogP contribution in [0.25, 0.3) is 0 Å². The largest absolute Gasteiger partial charge is 0.462 e. The van der Waals surface area contributed by atoms with E-state index in [0.717, 1.165) is 103 Å². The average molecular weight is 1120 g/mol. The molecule has 0 aromatic heterocycles. The van der Waals surface area contributed by atoms with Gasteiger partial charge in [0.2, 0.25) is 0 Å². The Morgan fingerprint density at radius 2 is 0.450 bits per heavy atom. The van der Waals surface area contributed by atoms with Crippen LogP contribution < -0.4 is 0 Å². The number of hydrogen-bond acceptors (Lipinski definition) is 6.